The van der Waals surface area contributed by atoms with Crippen LogP contribution in [0.5, 0.6) is 0 Å². The highest BCUT2D eigenvalue weighted by atomic mass is 35.5. The fourth-order valence-electron chi connectivity index (χ4n) is 2.10. The van der Waals surface area contributed by atoms with Crippen LogP contribution in [0.15, 0.2) is 12.1 Å². The average Bonchev–Trinajstić information content (AvgIpc) is 2.64. The Hall–Kier alpha value is -1.66. The third-order valence-corrected chi connectivity index (χ3v) is 3.21. The van der Waals surface area contributed by atoms with Gasteiger partial charge in [-0.15, -0.1) is 0 Å². The number of rotatable bonds is 1. The molecule has 0 saturated heterocycles. The van der Waals surface area contributed by atoms with Crippen LogP contribution in [-0.2, 0) is 13.1 Å². The lowest BCUT2D eigenvalue weighted by molar-refractivity contribution is -0.384. The topological polar surface area (TPSA) is 73.0 Å². The number of benzene rings is 1. The molecule has 1 aromatic heterocycles. The van der Waals surface area contributed by atoms with Gasteiger partial charge in [-0.1, -0.05) is 11.6 Å². The zero-order chi connectivity index (χ0) is 12.0. The highest BCUT2D eigenvalue weighted by Gasteiger charge is 2.20. The van der Waals surface area contributed by atoms with E-state index in [9.17, 15) is 10.1 Å². The van der Waals surface area contributed by atoms with E-state index >= 15 is 0 Å². The average molecular weight is 253 g/mol. The van der Waals surface area contributed by atoms with E-state index < -0.39 is 4.92 Å². The molecule has 1 aliphatic heterocycles. The zero-order valence-electron chi connectivity index (χ0n) is 8.81. The van der Waals surface area contributed by atoms with Crippen molar-refractivity contribution in [1.82, 2.24) is 15.1 Å². The molecule has 0 fully saturated rings. The van der Waals surface area contributed by atoms with Crippen molar-refractivity contribution in [1.29, 1.82) is 0 Å². The molecule has 0 amide bonds. The maximum absolute atomic E-state index is 10.8. The molecule has 3 rings (SSSR count). The summed E-state index contributed by atoms with van der Waals surface area (Å²) in [6.07, 6.45) is 0. The molecular formula is C10H9ClN4O2. The molecule has 0 spiro atoms. The van der Waals surface area contributed by atoms with Crippen molar-refractivity contribution in [2.75, 3.05) is 6.54 Å². The van der Waals surface area contributed by atoms with Crippen molar-refractivity contribution >= 4 is 28.2 Å². The lowest BCUT2D eigenvalue weighted by Gasteiger charge is -2.14. The van der Waals surface area contributed by atoms with Crippen LogP contribution in [0.2, 0.25) is 5.02 Å². The highest BCUT2D eigenvalue weighted by Crippen LogP contribution is 2.31. The smallest absolute Gasteiger partial charge is 0.288 e. The molecule has 17 heavy (non-hydrogen) atoms. The summed E-state index contributed by atoms with van der Waals surface area (Å²) in [7, 11) is 0. The minimum atomic E-state index is -0.470. The highest BCUT2D eigenvalue weighted by molar-refractivity contribution is 6.33. The van der Waals surface area contributed by atoms with Gasteiger partial charge in [0.25, 0.3) is 5.69 Å². The third-order valence-electron chi connectivity index (χ3n) is 2.91. The van der Waals surface area contributed by atoms with Gasteiger partial charge >= 0.3 is 0 Å². The SMILES string of the molecule is O=[N+]([O-])c1cc2c3n(nc2cc1Cl)CCNC3. The largest absolute Gasteiger partial charge is 0.309 e. The lowest BCUT2D eigenvalue weighted by Crippen LogP contribution is -2.28. The van der Waals surface area contributed by atoms with Crippen LogP contribution in [0.1, 0.15) is 5.69 Å². The second kappa shape index (κ2) is 3.68. The van der Waals surface area contributed by atoms with Crippen LogP contribution < -0.4 is 5.32 Å². The van der Waals surface area contributed by atoms with Crippen molar-refractivity contribution < 1.29 is 4.92 Å². The van der Waals surface area contributed by atoms with E-state index in [0.717, 1.165) is 24.2 Å². The summed E-state index contributed by atoms with van der Waals surface area (Å²) in [5.74, 6) is 0. The number of hydrogen-bond donors (Lipinski definition) is 1. The van der Waals surface area contributed by atoms with Gasteiger partial charge in [0.1, 0.15) is 5.02 Å². The molecule has 0 unspecified atom stereocenters. The Morgan fingerprint density at radius 2 is 2.35 bits per heavy atom. The van der Waals surface area contributed by atoms with Crippen molar-refractivity contribution in [3.05, 3.63) is 33.0 Å². The van der Waals surface area contributed by atoms with Crippen LogP contribution in [0, 0.1) is 10.1 Å². The molecule has 2 aromatic rings. The van der Waals surface area contributed by atoms with Crippen LogP contribution in [0.25, 0.3) is 10.9 Å². The Morgan fingerprint density at radius 1 is 1.53 bits per heavy atom. The molecule has 0 radical (unpaired) electrons. The summed E-state index contributed by atoms with van der Waals surface area (Å²) in [4.78, 5) is 10.4. The number of fused-ring (bicyclic) bond motifs is 3. The third kappa shape index (κ3) is 1.57. The predicted octanol–water partition coefficient (Wildman–Crippen LogP) is 1.70. The minimum absolute atomic E-state index is 0.0689. The van der Waals surface area contributed by atoms with E-state index in [1.54, 1.807) is 6.07 Å². The number of nitro groups is 1. The van der Waals surface area contributed by atoms with Crippen molar-refractivity contribution in [2.24, 2.45) is 0 Å². The van der Waals surface area contributed by atoms with Crippen LogP contribution >= 0.6 is 11.6 Å². The monoisotopic (exact) mass is 252 g/mol. The van der Waals surface area contributed by atoms with Gasteiger partial charge in [-0.05, 0) is 6.07 Å². The molecule has 0 bridgehead atoms. The maximum atomic E-state index is 10.8. The van der Waals surface area contributed by atoms with Gasteiger partial charge in [-0.25, -0.2) is 0 Å². The molecule has 0 saturated carbocycles. The van der Waals surface area contributed by atoms with Gasteiger partial charge in [0.2, 0.25) is 0 Å². The summed E-state index contributed by atoms with van der Waals surface area (Å²) < 4.78 is 1.88. The summed E-state index contributed by atoms with van der Waals surface area (Å²) in [6, 6.07) is 3.06. The molecule has 88 valence electrons. The molecule has 6 nitrogen and oxygen atoms in total. The van der Waals surface area contributed by atoms with Gasteiger partial charge in [0, 0.05) is 24.5 Å². The first-order valence-corrected chi connectivity index (χ1v) is 5.58. The fraction of sp³-hybridized carbons (Fsp3) is 0.300. The Bertz CT molecular complexity index is 622. The number of nitro benzene ring substituents is 1. The normalized spacial score (nSPS) is 14.9. The molecule has 0 atom stereocenters. The van der Waals surface area contributed by atoms with Crippen molar-refractivity contribution in [3.8, 4) is 0 Å². The first-order valence-electron chi connectivity index (χ1n) is 5.21. The molecule has 1 N–H and O–H groups in total. The summed E-state index contributed by atoms with van der Waals surface area (Å²) >= 11 is 5.86. The molecular weight excluding hydrogens is 244 g/mol. The predicted molar refractivity (Wildman–Crippen MR) is 63.1 cm³/mol. The molecule has 1 aliphatic rings. The van der Waals surface area contributed by atoms with Crippen LogP contribution in [-0.4, -0.2) is 21.2 Å². The number of aromatic nitrogens is 2. The standard InChI is InChI=1S/C10H9ClN4O2/c11-7-4-8-6(3-9(7)15(16)17)10-5-12-1-2-14(10)13-8/h3-4,12H,1-2,5H2. The summed E-state index contributed by atoms with van der Waals surface area (Å²) in [6.45, 7) is 2.31. The number of nitrogens with zero attached hydrogens (tertiary/aromatic N) is 3. The van der Waals surface area contributed by atoms with Gasteiger partial charge in [-0.2, -0.15) is 5.10 Å². The van der Waals surface area contributed by atoms with E-state index in [-0.39, 0.29) is 10.7 Å². The number of nitrogens with one attached hydrogen (secondary N) is 1. The summed E-state index contributed by atoms with van der Waals surface area (Å²) in [5, 5.41) is 19.4. The fourth-order valence-corrected chi connectivity index (χ4v) is 2.32. The molecule has 1 aromatic carbocycles. The Balaban J connectivity index is 2.29. The van der Waals surface area contributed by atoms with Gasteiger partial charge < -0.3 is 5.32 Å². The second-order valence-corrected chi connectivity index (χ2v) is 4.33. The molecule has 2 heterocycles. The Labute approximate surface area is 101 Å². The van der Waals surface area contributed by atoms with E-state index in [4.69, 9.17) is 11.6 Å². The molecule has 0 aliphatic carbocycles. The van der Waals surface area contributed by atoms with Crippen molar-refractivity contribution in [2.45, 2.75) is 13.1 Å². The Kier molecular flexibility index (Phi) is 2.27. The van der Waals surface area contributed by atoms with E-state index in [1.165, 1.54) is 6.07 Å². The van der Waals surface area contributed by atoms with E-state index in [2.05, 4.69) is 10.4 Å². The van der Waals surface area contributed by atoms with Gasteiger partial charge in [-0.3, -0.25) is 14.8 Å². The van der Waals surface area contributed by atoms with Crippen LogP contribution in [0.4, 0.5) is 5.69 Å². The van der Waals surface area contributed by atoms with Gasteiger partial charge in [0.05, 0.1) is 22.7 Å². The second-order valence-electron chi connectivity index (χ2n) is 3.92. The van der Waals surface area contributed by atoms with E-state index in [1.807, 2.05) is 4.68 Å². The van der Waals surface area contributed by atoms with E-state index in [0.29, 0.717) is 12.1 Å². The van der Waals surface area contributed by atoms with Crippen molar-refractivity contribution in [3.63, 3.8) is 0 Å². The summed E-state index contributed by atoms with van der Waals surface area (Å²) in [5.41, 5.74) is 1.62. The number of halogens is 1. The van der Waals surface area contributed by atoms with Crippen LogP contribution in [0.3, 0.4) is 0 Å². The quantitative estimate of drug-likeness (QED) is 0.619. The maximum Gasteiger partial charge on any atom is 0.288 e. The lowest BCUT2D eigenvalue weighted by atomic mass is 10.1. The van der Waals surface area contributed by atoms with Gasteiger partial charge in [0.15, 0.2) is 0 Å². The Morgan fingerprint density at radius 3 is 3.12 bits per heavy atom. The first-order chi connectivity index (χ1) is 8.16. The zero-order valence-corrected chi connectivity index (χ0v) is 9.57. The molecule has 7 heteroatoms. The number of hydrogen-bond acceptors (Lipinski definition) is 4. The first kappa shape index (κ1) is 10.5. The minimum Gasteiger partial charge on any atom is -0.309 e.